The van der Waals surface area contributed by atoms with Gasteiger partial charge in [0.15, 0.2) is 0 Å². The van der Waals surface area contributed by atoms with E-state index in [4.69, 9.17) is 15.9 Å². The molecule has 0 spiro atoms. The average molecular weight is 197 g/mol. The maximum atomic E-state index is 9.22. The van der Waals surface area contributed by atoms with Gasteiger partial charge >= 0.3 is 0 Å². The largest absolute Gasteiger partial charge is 0.508 e. The number of hydrogen-bond acceptors (Lipinski definition) is 4. The van der Waals surface area contributed by atoms with Crippen LogP contribution in [-0.2, 0) is 6.42 Å². The lowest BCUT2D eigenvalue weighted by Crippen LogP contribution is -2.38. The maximum Gasteiger partial charge on any atom is 0.115 e. The molecule has 0 radical (unpaired) electrons. The number of phenols is 1. The van der Waals surface area contributed by atoms with Crippen LogP contribution in [0.3, 0.4) is 0 Å². The van der Waals surface area contributed by atoms with Crippen LogP contribution in [0, 0.1) is 0 Å². The smallest absolute Gasteiger partial charge is 0.115 e. The fourth-order valence-corrected chi connectivity index (χ4v) is 1.18. The third-order valence-corrected chi connectivity index (χ3v) is 2.09. The minimum absolute atomic E-state index is 0.199. The lowest BCUT2D eigenvalue weighted by molar-refractivity contribution is 0.0742. The molecular formula is C10H15NO3. The first kappa shape index (κ1) is 11.0. The Bertz CT molecular complexity index is 273. The monoisotopic (exact) mass is 197 g/mol. The Hall–Kier alpha value is -1.10. The zero-order chi connectivity index (χ0) is 10.6. The van der Waals surface area contributed by atoms with Crippen molar-refractivity contribution >= 4 is 0 Å². The Morgan fingerprint density at radius 3 is 2.29 bits per heavy atom. The van der Waals surface area contributed by atoms with Gasteiger partial charge in [-0.05, 0) is 24.1 Å². The van der Waals surface area contributed by atoms with Crippen molar-refractivity contribution in [2.24, 2.45) is 5.73 Å². The molecule has 0 aliphatic carbocycles. The maximum absolute atomic E-state index is 9.22. The van der Waals surface area contributed by atoms with Gasteiger partial charge in [-0.2, -0.15) is 0 Å². The van der Waals surface area contributed by atoms with Crippen LogP contribution in [0.1, 0.15) is 5.56 Å². The standard InChI is InChI=1S/C10H15NO3/c11-9(10(14)6-12)5-7-1-3-8(13)4-2-7/h1-4,9-10,12-14H,5-6,11H2/t9-,10-/m1/s1. The highest BCUT2D eigenvalue weighted by atomic mass is 16.3. The third kappa shape index (κ3) is 2.99. The number of nitrogens with two attached hydrogens (primary N) is 1. The Morgan fingerprint density at radius 1 is 1.21 bits per heavy atom. The summed E-state index contributed by atoms with van der Waals surface area (Å²) in [5.41, 5.74) is 6.54. The lowest BCUT2D eigenvalue weighted by atomic mass is 10.0. The molecule has 0 aliphatic rings. The van der Waals surface area contributed by atoms with Crippen molar-refractivity contribution in [3.05, 3.63) is 29.8 Å². The van der Waals surface area contributed by atoms with Crippen molar-refractivity contribution in [1.82, 2.24) is 0 Å². The molecule has 0 aromatic heterocycles. The second-order valence-corrected chi connectivity index (χ2v) is 3.28. The van der Waals surface area contributed by atoms with Gasteiger partial charge in [-0.25, -0.2) is 0 Å². The van der Waals surface area contributed by atoms with Gasteiger partial charge in [-0.1, -0.05) is 12.1 Å². The molecular weight excluding hydrogens is 182 g/mol. The second-order valence-electron chi connectivity index (χ2n) is 3.28. The number of benzene rings is 1. The summed E-state index contributed by atoms with van der Waals surface area (Å²) < 4.78 is 0. The summed E-state index contributed by atoms with van der Waals surface area (Å²) in [7, 11) is 0. The zero-order valence-electron chi connectivity index (χ0n) is 7.80. The summed E-state index contributed by atoms with van der Waals surface area (Å²) in [4.78, 5) is 0. The molecule has 14 heavy (non-hydrogen) atoms. The van der Waals surface area contributed by atoms with E-state index in [0.29, 0.717) is 6.42 Å². The molecule has 78 valence electrons. The van der Waals surface area contributed by atoms with E-state index in [1.54, 1.807) is 24.3 Å². The minimum atomic E-state index is -0.899. The van der Waals surface area contributed by atoms with E-state index in [9.17, 15) is 5.11 Å². The fourth-order valence-electron chi connectivity index (χ4n) is 1.18. The van der Waals surface area contributed by atoms with E-state index in [2.05, 4.69) is 0 Å². The van der Waals surface area contributed by atoms with Crippen LogP contribution in [0.25, 0.3) is 0 Å². The van der Waals surface area contributed by atoms with Crippen molar-refractivity contribution in [3.63, 3.8) is 0 Å². The number of hydrogen-bond donors (Lipinski definition) is 4. The lowest BCUT2D eigenvalue weighted by Gasteiger charge is -2.16. The van der Waals surface area contributed by atoms with Gasteiger partial charge in [-0.3, -0.25) is 0 Å². The van der Waals surface area contributed by atoms with Crippen molar-refractivity contribution < 1.29 is 15.3 Å². The molecule has 0 fully saturated rings. The molecule has 0 aliphatic heterocycles. The number of phenolic OH excluding ortho intramolecular Hbond substituents is 1. The predicted octanol–water partition coefficient (Wildman–Crippen LogP) is -0.385. The summed E-state index contributed by atoms with van der Waals surface area (Å²) >= 11 is 0. The first-order valence-corrected chi connectivity index (χ1v) is 4.46. The van der Waals surface area contributed by atoms with Crippen molar-refractivity contribution in [2.75, 3.05) is 6.61 Å². The molecule has 1 aromatic carbocycles. The third-order valence-electron chi connectivity index (χ3n) is 2.09. The SMILES string of the molecule is N[C@H](Cc1ccc(O)cc1)[C@H](O)CO. The van der Waals surface area contributed by atoms with Crippen LogP contribution in [0.15, 0.2) is 24.3 Å². The molecule has 0 heterocycles. The normalized spacial score (nSPS) is 15.1. The Labute approximate surface area is 82.6 Å². The molecule has 1 rings (SSSR count). The summed E-state index contributed by atoms with van der Waals surface area (Å²) in [5.74, 6) is 0.199. The Balaban J connectivity index is 2.56. The summed E-state index contributed by atoms with van der Waals surface area (Å²) in [6, 6.07) is 6.11. The topological polar surface area (TPSA) is 86.7 Å². The van der Waals surface area contributed by atoms with Crippen LogP contribution in [0.2, 0.25) is 0 Å². The summed E-state index contributed by atoms with van der Waals surface area (Å²) in [6.07, 6.45) is -0.425. The molecule has 0 unspecified atom stereocenters. The van der Waals surface area contributed by atoms with Gasteiger partial charge in [0.1, 0.15) is 5.75 Å². The second kappa shape index (κ2) is 4.95. The fraction of sp³-hybridized carbons (Fsp3) is 0.400. The van der Waals surface area contributed by atoms with Gasteiger partial charge in [0.25, 0.3) is 0 Å². The van der Waals surface area contributed by atoms with E-state index < -0.39 is 12.1 Å². The average Bonchev–Trinajstić information content (AvgIpc) is 2.20. The predicted molar refractivity (Wildman–Crippen MR) is 52.9 cm³/mol. The molecule has 0 saturated carbocycles. The molecule has 4 heteroatoms. The summed E-state index contributed by atoms with van der Waals surface area (Å²) in [6.45, 7) is -0.334. The Morgan fingerprint density at radius 2 is 1.79 bits per heavy atom. The first-order chi connectivity index (χ1) is 6.63. The van der Waals surface area contributed by atoms with Gasteiger partial charge in [0.2, 0.25) is 0 Å². The number of rotatable bonds is 4. The van der Waals surface area contributed by atoms with Gasteiger partial charge in [-0.15, -0.1) is 0 Å². The molecule has 0 saturated heterocycles. The highest BCUT2D eigenvalue weighted by Crippen LogP contribution is 2.11. The van der Waals surface area contributed by atoms with E-state index in [1.807, 2.05) is 0 Å². The number of aliphatic hydroxyl groups excluding tert-OH is 2. The molecule has 0 bridgehead atoms. The van der Waals surface area contributed by atoms with Crippen LogP contribution >= 0.6 is 0 Å². The molecule has 2 atom stereocenters. The first-order valence-electron chi connectivity index (χ1n) is 4.46. The van der Waals surface area contributed by atoms with E-state index in [-0.39, 0.29) is 12.4 Å². The van der Waals surface area contributed by atoms with Gasteiger partial charge in [0, 0.05) is 6.04 Å². The molecule has 1 aromatic rings. The van der Waals surface area contributed by atoms with Gasteiger partial charge in [0.05, 0.1) is 12.7 Å². The van der Waals surface area contributed by atoms with Gasteiger partial charge < -0.3 is 21.1 Å². The molecule has 5 N–H and O–H groups in total. The molecule has 0 amide bonds. The number of aromatic hydroxyl groups is 1. The van der Waals surface area contributed by atoms with Crippen LogP contribution in [0.5, 0.6) is 5.75 Å². The van der Waals surface area contributed by atoms with Crippen LogP contribution < -0.4 is 5.73 Å². The van der Waals surface area contributed by atoms with Crippen molar-refractivity contribution in [2.45, 2.75) is 18.6 Å². The highest BCUT2D eigenvalue weighted by Gasteiger charge is 2.13. The van der Waals surface area contributed by atoms with Crippen LogP contribution in [-0.4, -0.2) is 34.1 Å². The Kier molecular flexibility index (Phi) is 3.88. The van der Waals surface area contributed by atoms with E-state index in [1.165, 1.54) is 0 Å². The van der Waals surface area contributed by atoms with E-state index in [0.717, 1.165) is 5.56 Å². The molecule has 4 nitrogen and oxygen atoms in total. The minimum Gasteiger partial charge on any atom is -0.508 e. The van der Waals surface area contributed by atoms with E-state index >= 15 is 0 Å². The van der Waals surface area contributed by atoms with Crippen molar-refractivity contribution in [3.8, 4) is 5.75 Å². The highest BCUT2D eigenvalue weighted by molar-refractivity contribution is 5.26. The quantitative estimate of drug-likeness (QED) is 0.529. The van der Waals surface area contributed by atoms with Crippen LogP contribution in [0.4, 0.5) is 0 Å². The van der Waals surface area contributed by atoms with Crippen molar-refractivity contribution in [1.29, 1.82) is 0 Å². The summed E-state index contributed by atoms with van der Waals surface area (Å²) in [5, 5.41) is 26.9. The number of aliphatic hydroxyl groups is 2. The zero-order valence-corrected chi connectivity index (χ0v) is 7.80.